The lowest BCUT2D eigenvalue weighted by Gasteiger charge is -2.15. The van der Waals surface area contributed by atoms with Gasteiger partial charge in [0.25, 0.3) is 0 Å². The predicted octanol–water partition coefficient (Wildman–Crippen LogP) is 3.09. The summed E-state index contributed by atoms with van der Waals surface area (Å²) in [5, 5.41) is 9.25. The van der Waals surface area contributed by atoms with Crippen LogP contribution in [0.25, 0.3) is 0 Å². The number of ether oxygens (including phenoxy) is 1. The summed E-state index contributed by atoms with van der Waals surface area (Å²) in [5.41, 5.74) is 1.12. The standard InChI is InChI=1S/C16H14O4/c1-11(17)12-7-9-14(10-8-12)20-15(16(18)19)13-5-3-2-4-6-13/h2-10,15H,1H3,(H,18,19)/t15-/m1/s1. The largest absolute Gasteiger partial charge is 0.478 e. The lowest BCUT2D eigenvalue weighted by Crippen LogP contribution is -2.18. The SMILES string of the molecule is CC(=O)c1ccc(O[C@@H](C(=O)O)c2ccccc2)cc1. The summed E-state index contributed by atoms with van der Waals surface area (Å²) in [4.78, 5) is 22.5. The molecule has 20 heavy (non-hydrogen) atoms. The molecule has 102 valence electrons. The molecule has 0 aliphatic carbocycles. The summed E-state index contributed by atoms with van der Waals surface area (Å²) < 4.78 is 5.49. The highest BCUT2D eigenvalue weighted by Gasteiger charge is 2.21. The van der Waals surface area contributed by atoms with E-state index in [1.165, 1.54) is 6.92 Å². The molecule has 4 heteroatoms. The molecule has 2 aromatic carbocycles. The van der Waals surface area contributed by atoms with Crippen LogP contribution < -0.4 is 4.74 Å². The Labute approximate surface area is 116 Å². The van der Waals surface area contributed by atoms with Gasteiger partial charge in [0.15, 0.2) is 5.78 Å². The van der Waals surface area contributed by atoms with Crippen LogP contribution in [0.3, 0.4) is 0 Å². The van der Waals surface area contributed by atoms with Gasteiger partial charge in [-0.05, 0) is 31.2 Å². The van der Waals surface area contributed by atoms with Crippen molar-refractivity contribution in [1.29, 1.82) is 0 Å². The molecule has 0 heterocycles. The zero-order valence-electron chi connectivity index (χ0n) is 10.9. The second-order valence-electron chi connectivity index (χ2n) is 4.33. The Morgan fingerprint density at radius 3 is 2.10 bits per heavy atom. The molecule has 1 atom stereocenters. The van der Waals surface area contributed by atoms with Crippen LogP contribution >= 0.6 is 0 Å². The summed E-state index contributed by atoms with van der Waals surface area (Å²) in [6, 6.07) is 15.1. The molecule has 0 radical (unpaired) electrons. The van der Waals surface area contributed by atoms with Gasteiger partial charge in [-0.1, -0.05) is 30.3 Å². The normalized spacial score (nSPS) is 11.7. The van der Waals surface area contributed by atoms with Gasteiger partial charge in [0, 0.05) is 11.1 Å². The van der Waals surface area contributed by atoms with Crippen molar-refractivity contribution in [2.24, 2.45) is 0 Å². The van der Waals surface area contributed by atoms with Gasteiger partial charge in [-0.2, -0.15) is 0 Å². The molecular formula is C16H14O4. The maximum Gasteiger partial charge on any atom is 0.349 e. The maximum absolute atomic E-state index is 11.3. The Morgan fingerprint density at radius 1 is 1.00 bits per heavy atom. The number of carboxylic acids is 1. The summed E-state index contributed by atoms with van der Waals surface area (Å²) in [7, 11) is 0. The molecule has 0 saturated heterocycles. The smallest absolute Gasteiger partial charge is 0.349 e. The summed E-state index contributed by atoms with van der Waals surface area (Å²) in [6.45, 7) is 1.47. The van der Waals surface area contributed by atoms with E-state index in [9.17, 15) is 14.7 Å². The fourth-order valence-corrected chi connectivity index (χ4v) is 1.79. The highest BCUT2D eigenvalue weighted by atomic mass is 16.5. The van der Waals surface area contributed by atoms with Crippen LogP contribution in [0, 0.1) is 0 Å². The quantitative estimate of drug-likeness (QED) is 0.848. The molecule has 0 fully saturated rings. The Kier molecular flexibility index (Phi) is 4.15. The number of rotatable bonds is 5. The second kappa shape index (κ2) is 6.02. The van der Waals surface area contributed by atoms with E-state index in [2.05, 4.69) is 0 Å². The Morgan fingerprint density at radius 2 is 1.60 bits per heavy atom. The second-order valence-corrected chi connectivity index (χ2v) is 4.33. The molecule has 2 rings (SSSR count). The predicted molar refractivity (Wildman–Crippen MR) is 73.9 cm³/mol. The zero-order valence-corrected chi connectivity index (χ0v) is 10.9. The lowest BCUT2D eigenvalue weighted by atomic mass is 10.1. The van der Waals surface area contributed by atoms with Gasteiger partial charge in [0.1, 0.15) is 5.75 Å². The molecule has 0 saturated carbocycles. The van der Waals surface area contributed by atoms with Gasteiger partial charge in [-0.25, -0.2) is 4.79 Å². The first kappa shape index (κ1) is 13.8. The number of carbonyl (C=O) groups is 2. The third kappa shape index (κ3) is 3.23. The van der Waals surface area contributed by atoms with Crippen LogP contribution in [-0.2, 0) is 4.79 Å². The average molecular weight is 270 g/mol. The van der Waals surface area contributed by atoms with Crippen LogP contribution in [-0.4, -0.2) is 16.9 Å². The fourth-order valence-electron chi connectivity index (χ4n) is 1.79. The monoisotopic (exact) mass is 270 g/mol. The van der Waals surface area contributed by atoms with Gasteiger partial charge in [-0.15, -0.1) is 0 Å². The Hall–Kier alpha value is -2.62. The first-order valence-electron chi connectivity index (χ1n) is 6.13. The summed E-state index contributed by atoms with van der Waals surface area (Å²) in [5.74, 6) is -0.701. The number of aliphatic carboxylic acids is 1. The minimum Gasteiger partial charge on any atom is -0.478 e. The van der Waals surface area contributed by atoms with Crippen molar-refractivity contribution in [3.63, 3.8) is 0 Å². The molecule has 1 N–H and O–H groups in total. The molecule has 0 aromatic heterocycles. The van der Waals surface area contributed by atoms with Crippen LogP contribution in [0.4, 0.5) is 0 Å². The van der Waals surface area contributed by atoms with Crippen molar-refractivity contribution in [3.05, 3.63) is 65.7 Å². The first-order valence-corrected chi connectivity index (χ1v) is 6.13. The van der Waals surface area contributed by atoms with Crippen molar-refractivity contribution in [2.45, 2.75) is 13.0 Å². The molecule has 0 aliphatic rings. The Balaban J connectivity index is 2.21. The van der Waals surface area contributed by atoms with E-state index in [-0.39, 0.29) is 5.78 Å². The van der Waals surface area contributed by atoms with E-state index in [1.54, 1.807) is 48.5 Å². The lowest BCUT2D eigenvalue weighted by molar-refractivity contribution is -0.145. The third-order valence-corrected chi connectivity index (χ3v) is 2.84. The minimum absolute atomic E-state index is 0.0469. The van der Waals surface area contributed by atoms with Crippen molar-refractivity contribution in [1.82, 2.24) is 0 Å². The molecule has 0 bridgehead atoms. The zero-order chi connectivity index (χ0) is 14.5. The van der Waals surface area contributed by atoms with E-state index in [1.807, 2.05) is 6.07 Å². The maximum atomic E-state index is 11.3. The first-order chi connectivity index (χ1) is 9.58. The van der Waals surface area contributed by atoms with Crippen molar-refractivity contribution in [3.8, 4) is 5.75 Å². The van der Waals surface area contributed by atoms with E-state index in [4.69, 9.17) is 4.74 Å². The highest BCUT2D eigenvalue weighted by Crippen LogP contribution is 2.22. The van der Waals surface area contributed by atoms with Crippen molar-refractivity contribution in [2.75, 3.05) is 0 Å². The van der Waals surface area contributed by atoms with Gasteiger partial charge < -0.3 is 9.84 Å². The number of hydrogen-bond donors (Lipinski definition) is 1. The number of carboxylic acid groups (broad SMARTS) is 1. The van der Waals surface area contributed by atoms with Gasteiger partial charge in [0.05, 0.1) is 0 Å². The number of ketones is 1. The number of carbonyl (C=O) groups excluding carboxylic acids is 1. The van der Waals surface area contributed by atoms with Crippen LogP contribution in [0.5, 0.6) is 5.75 Å². The van der Waals surface area contributed by atoms with Crippen LogP contribution in [0.1, 0.15) is 28.9 Å². The van der Waals surface area contributed by atoms with Crippen LogP contribution in [0.15, 0.2) is 54.6 Å². The summed E-state index contributed by atoms with van der Waals surface area (Å²) >= 11 is 0. The van der Waals surface area contributed by atoms with Gasteiger partial charge in [0.2, 0.25) is 6.10 Å². The summed E-state index contributed by atoms with van der Waals surface area (Å²) in [6.07, 6.45) is -1.07. The van der Waals surface area contributed by atoms with Gasteiger partial charge in [-0.3, -0.25) is 4.79 Å². The number of Topliss-reactive ketones (excluding diaryl/α,β-unsaturated/α-hetero) is 1. The van der Waals surface area contributed by atoms with Crippen molar-refractivity contribution >= 4 is 11.8 Å². The fraction of sp³-hybridized carbons (Fsp3) is 0.125. The van der Waals surface area contributed by atoms with Gasteiger partial charge >= 0.3 is 5.97 Å². The molecule has 0 spiro atoms. The Bertz CT molecular complexity index is 602. The molecule has 0 amide bonds. The topological polar surface area (TPSA) is 63.6 Å². The molecule has 0 aliphatic heterocycles. The molecule has 2 aromatic rings. The highest BCUT2D eigenvalue weighted by molar-refractivity contribution is 5.94. The molecule has 0 unspecified atom stereocenters. The minimum atomic E-state index is -1.07. The van der Waals surface area contributed by atoms with Crippen LogP contribution in [0.2, 0.25) is 0 Å². The average Bonchev–Trinajstić information content (AvgIpc) is 2.46. The van der Waals surface area contributed by atoms with E-state index in [0.717, 1.165) is 0 Å². The molecule has 4 nitrogen and oxygen atoms in total. The van der Waals surface area contributed by atoms with E-state index < -0.39 is 12.1 Å². The number of benzene rings is 2. The van der Waals surface area contributed by atoms with E-state index >= 15 is 0 Å². The third-order valence-electron chi connectivity index (χ3n) is 2.84. The molecular weight excluding hydrogens is 256 g/mol. The van der Waals surface area contributed by atoms with E-state index in [0.29, 0.717) is 16.9 Å². The van der Waals surface area contributed by atoms with Crippen molar-refractivity contribution < 1.29 is 19.4 Å². The number of hydrogen-bond acceptors (Lipinski definition) is 3.